The van der Waals surface area contributed by atoms with Crippen LogP contribution in [0.3, 0.4) is 0 Å². The van der Waals surface area contributed by atoms with Crippen molar-refractivity contribution in [2.24, 2.45) is 0 Å². The summed E-state index contributed by atoms with van der Waals surface area (Å²) in [6, 6.07) is 7.07. The Morgan fingerprint density at radius 3 is 2.75 bits per heavy atom. The van der Waals surface area contributed by atoms with Gasteiger partial charge in [0.15, 0.2) is 5.76 Å². The van der Waals surface area contributed by atoms with E-state index in [4.69, 9.17) is 8.83 Å². The third-order valence-corrected chi connectivity index (χ3v) is 4.89. The molecule has 1 aliphatic heterocycles. The number of imidazole rings is 1. The molecule has 2 amide bonds. The van der Waals surface area contributed by atoms with Crippen molar-refractivity contribution in [2.75, 3.05) is 13.1 Å². The zero-order valence-electron chi connectivity index (χ0n) is 15.8. The second-order valence-electron chi connectivity index (χ2n) is 7.07. The maximum absolute atomic E-state index is 12.9. The molecule has 0 aromatic carbocycles. The molecule has 2 atom stereocenters. The Balaban J connectivity index is 1.49. The van der Waals surface area contributed by atoms with Gasteiger partial charge in [0, 0.05) is 32.4 Å². The van der Waals surface area contributed by atoms with Crippen LogP contribution in [0.2, 0.25) is 0 Å². The molecule has 1 N–H and O–H groups in total. The van der Waals surface area contributed by atoms with Crippen LogP contribution >= 0.6 is 0 Å². The summed E-state index contributed by atoms with van der Waals surface area (Å²) in [7, 11) is 0. The van der Waals surface area contributed by atoms with Crippen molar-refractivity contribution < 1.29 is 18.4 Å². The van der Waals surface area contributed by atoms with Gasteiger partial charge in [-0.25, -0.2) is 4.98 Å². The molecule has 8 nitrogen and oxygen atoms in total. The van der Waals surface area contributed by atoms with Gasteiger partial charge < -0.3 is 23.6 Å². The maximum atomic E-state index is 12.9. The second-order valence-corrected chi connectivity index (χ2v) is 7.07. The lowest BCUT2D eigenvalue weighted by atomic mass is 10.0. The molecule has 0 saturated carbocycles. The van der Waals surface area contributed by atoms with Crippen LogP contribution in [-0.2, 0) is 11.3 Å². The lowest BCUT2D eigenvalue weighted by molar-refractivity contribution is -0.119. The van der Waals surface area contributed by atoms with Gasteiger partial charge in [0.1, 0.15) is 17.3 Å². The molecule has 0 radical (unpaired) electrons. The number of amides is 2. The van der Waals surface area contributed by atoms with E-state index in [1.165, 1.54) is 6.92 Å². The van der Waals surface area contributed by atoms with E-state index in [1.807, 2.05) is 29.8 Å². The van der Waals surface area contributed by atoms with Crippen LogP contribution in [0, 0.1) is 6.92 Å². The molecule has 1 aliphatic rings. The summed E-state index contributed by atoms with van der Waals surface area (Å²) in [4.78, 5) is 30.3. The zero-order valence-corrected chi connectivity index (χ0v) is 15.8. The largest absolute Gasteiger partial charge is 0.466 e. The monoisotopic (exact) mass is 382 g/mol. The molecule has 146 valence electrons. The van der Waals surface area contributed by atoms with E-state index >= 15 is 0 Å². The number of carbonyl (C=O) groups is 2. The number of hydrogen-bond acceptors (Lipinski definition) is 5. The van der Waals surface area contributed by atoms with Gasteiger partial charge in [-0.3, -0.25) is 9.59 Å². The first-order valence-corrected chi connectivity index (χ1v) is 9.17. The molecule has 28 heavy (non-hydrogen) atoms. The molecule has 0 bridgehead atoms. The van der Waals surface area contributed by atoms with Gasteiger partial charge in [0.25, 0.3) is 5.91 Å². The number of aryl methyl sites for hydroxylation is 1. The summed E-state index contributed by atoms with van der Waals surface area (Å²) in [5.41, 5.74) is 0. The van der Waals surface area contributed by atoms with E-state index < -0.39 is 0 Å². The third kappa shape index (κ3) is 3.71. The summed E-state index contributed by atoms with van der Waals surface area (Å²) < 4.78 is 13.4. The summed E-state index contributed by atoms with van der Waals surface area (Å²) in [5.74, 6) is 2.11. The molecular formula is C20H22N4O4. The molecular weight excluding hydrogens is 360 g/mol. The summed E-state index contributed by atoms with van der Waals surface area (Å²) >= 11 is 0. The third-order valence-electron chi connectivity index (χ3n) is 4.89. The molecule has 4 rings (SSSR count). The number of aromatic nitrogens is 2. The molecule has 1 fully saturated rings. The number of furan rings is 2. The van der Waals surface area contributed by atoms with Crippen LogP contribution in [0.4, 0.5) is 0 Å². The van der Waals surface area contributed by atoms with Crippen molar-refractivity contribution in [3.05, 3.63) is 66.0 Å². The minimum atomic E-state index is -0.201. The smallest absolute Gasteiger partial charge is 0.289 e. The minimum absolute atomic E-state index is 0.0954. The number of nitrogens with zero attached hydrogens (tertiary/aromatic N) is 3. The fourth-order valence-electron chi connectivity index (χ4n) is 3.61. The molecule has 3 aromatic rings. The van der Waals surface area contributed by atoms with Gasteiger partial charge in [-0.2, -0.15) is 0 Å². The molecule has 0 spiro atoms. The van der Waals surface area contributed by atoms with Crippen LogP contribution in [0.25, 0.3) is 0 Å². The zero-order chi connectivity index (χ0) is 19.7. The van der Waals surface area contributed by atoms with E-state index in [0.29, 0.717) is 25.4 Å². The Morgan fingerprint density at radius 1 is 1.21 bits per heavy atom. The van der Waals surface area contributed by atoms with E-state index in [-0.39, 0.29) is 29.5 Å². The standard InChI is InChI=1S/C20H22N4O4/c1-13-3-5-18(27-13)16-10-24(11-17(16)22-14(2)25)20(26)19-6-4-15(28-19)9-23-8-7-21-12-23/h3-8,12,16-17H,9-11H2,1-2H3,(H,22,25). The van der Waals surface area contributed by atoms with Crippen LogP contribution < -0.4 is 5.32 Å². The molecule has 8 heteroatoms. The Bertz CT molecular complexity index is 972. The summed E-state index contributed by atoms with van der Waals surface area (Å²) in [6.45, 7) is 4.72. The van der Waals surface area contributed by atoms with E-state index in [2.05, 4.69) is 10.3 Å². The van der Waals surface area contributed by atoms with Crippen LogP contribution in [0.15, 0.2) is 51.8 Å². The van der Waals surface area contributed by atoms with Crippen LogP contribution in [0.5, 0.6) is 0 Å². The van der Waals surface area contributed by atoms with Gasteiger partial charge in [0.05, 0.1) is 24.8 Å². The van der Waals surface area contributed by atoms with Crippen molar-refractivity contribution in [1.29, 1.82) is 0 Å². The van der Waals surface area contributed by atoms with Crippen molar-refractivity contribution >= 4 is 11.8 Å². The Hall–Kier alpha value is -3.29. The highest BCUT2D eigenvalue weighted by Crippen LogP contribution is 2.30. The van der Waals surface area contributed by atoms with Gasteiger partial charge in [0.2, 0.25) is 5.91 Å². The minimum Gasteiger partial charge on any atom is -0.466 e. The second kappa shape index (κ2) is 7.38. The van der Waals surface area contributed by atoms with Crippen molar-refractivity contribution in [1.82, 2.24) is 19.8 Å². The maximum Gasteiger partial charge on any atom is 0.289 e. The van der Waals surface area contributed by atoms with Crippen molar-refractivity contribution in [2.45, 2.75) is 32.4 Å². The van der Waals surface area contributed by atoms with E-state index in [0.717, 1.165) is 11.5 Å². The highest BCUT2D eigenvalue weighted by atomic mass is 16.4. The number of likely N-dealkylation sites (tertiary alicyclic amines) is 1. The fourth-order valence-corrected chi connectivity index (χ4v) is 3.61. The average Bonchev–Trinajstić information content (AvgIpc) is 3.41. The Morgan fingerprint density at radius 2 is 2.07 bits per heavy atom. The Labute approximate surface area is 162 Å². The quantitative estimate of drug-likeness (QED) is 0.730. The lowest BCUT2D eigenvalue weighted by Gasteiger charge is -2.16. The normalized spacial score (nSPS) is 19.1. The molecule has 1 saturated heterocycles. The van der Waals surface area contributed by atoms with E-state index in [9.17, 15) is 9.59 Å². The first-order chi connectivity index (χ1) is 13.5. The average molecular weight is 382 g/mol. The fraction of sp³-hybridized carbons (Fsp3) is 0.350. The number of hydrogen-bond donors (Lipinski definition) is 1. The number of rotatable bonds is 5. The van der Waals surface area contributed by atoms with Crippen molar-refractivity contribution in [3.8, 4) is 0 Å². The Kier molecular flexibility index (Phi) is 4.77. The molecule has 4 heterocycles. The topological polar surface area (TPSA) is 93.5 Å². The van der Waals surface area contributed by atoms with Gasteiger partial charge >= 0.3 is 0 Å². The van der Waals surface area contributed by atoms with Crippen molar-refractivity contribution in [3.63, 3.8) is 0 Å². The summed E-state index contributed by atoms with van der Waals surface area (Å²) in [5, 5.41) is 2.94. The molecule has 2 unspecified atom stereocenters. The first kappa shape index (κ1) is 18.1. The number of carbonyl (C=O) groups excluding carboxylic acids is 2. The van der Waals surface area contributed by atoms with E-state index in [1.54, 1.807) is 29.6 Å². The SMILES string of the molecule is CC(=O)NC1CN(C(=O)c2ccc(Cn3ccnc3)o2)CC1c1ccc(C)o1. The predicted molar refractivity (Wildman–Crippen MR) is 99.7 cm³/mol. The van der Waals surface area contributed by atoms with Gasteiger partial charge in [-0.1, -0.05) is 0 Å². The predicted octanol–water partition coefficient (Wildman–Crippen LogP) is 2.17. The number of nitrogens with one attached hydrogen (secondary N) is 1. The van der Waals surface area contributed by atoms with Gasteiger partial charge in [-0.05, 0) is 31.2 Å². The first-order valence-electron chi connectivity index (χ1n) is 9.17. The van der Waals surface area contributed by atoms with Crippen LogP contribution in [0.1, 0.15) is 40.7 Å². The molecule has 0 aliphatic carbocycles. The highest BCUT2D eigenvalue weighted by Gasteiger charge is 2.39. The van der Waals surface area contributed by atoms with Crippen LogP contribution in [-0.4, -0.2) is 45.4 Å². The molecule has 3 aromatic heterocycles. The summed E-state index contributed by atoms with van der Waals surface area (Å²) in [6.07, 6.45) is 5.22. The lowest BCUT2D eigenvalue weighted by Crippen LogP contribution is -2.39. The highest BCUT2D eigenvalue weighted by molar-refractivity contribution is 5.92. The van der Waals surface area contributed by atoms with Gasteiger partial charge in [-0.15, -0.1) is 0 Å².